The molecular weight excluding hydrogens is 230 g/mol. The summed E-state index contributed by atoms with van der Waals surface area (Å²) in [5, 5.41) is 8.96. The molecule has 0 bridgehead atoms. The molecule has 0 aliphatic heterocycles. The number of amides is 1. The molecule has 0 aromatic heterocycles. The molecule has 1 unspecified atom stereocenters. The van der Waals surface area contributed by atoms with Gasteiger partial charge in [0.15, 0.2) is 0 Å². The van der Waals surface area contributed by atoms with Crippen LogP contribution in [-0.2, 0) is 9.59 Å². The van der Waals surface area contributed by atoms with Crippen LogP contribution >= 0.6 is 0 Å². The van der Waals surface area contributed by atoms with Gasteiger partial charge in [0.1, 0.15) is 0 Å². The minimum atomic E-state index is -0.767. The predicted molar refractivity (Wildman–Crippen MR) is 70.2 cm³/mol. The maximum atomic E-state index is 12.3. The summed E-state index contributed by atoms with van der Waals surface area (Å²) in [6, 6.07) is 0.147. The van der Waals surface area contributed by atoms with Crippen LogP contribution in [0.5, 0.6) is 0 Å². The summed E-state index contributed by atoms with van der Waals surface area (Å²) in [6.07, 6.45) is 1.83. The van der Waals surface area contributed by atoms with Crippen LogP contribution in [0.3, 0.4) is 0 Å². The van der Waals surface area contributed by atoms with Crippen LogP contribution in [0.1, 0.15) is 47.0 Å². The summed E-state index contributed by atoms with van der Waals surface area (Å²) in [6.45, 7) is 8.37. The molecule has 0 radical (unpaired) electrons. The second-order valence-corrected chi connectivity index (χ2v) is 6.54. The molecule has 4 nitrogen and oxygen atoms in total. The highest BCUT2D eigenvalue weighted by Gasteiger charge is 2.37. The maximum absolute atomic E-state index is 12.3. The third-order valence-corrected chi connectivity index (χ3v) is 4.31. The van der Waals surface area contributed by atoms with E-state index in [4.69, 9.17) is 5.11 Å². The fourth-order valence-corrected chi connectivity index (χ4v) is 2.49. The van der Waals surface area contributed by atoms with Crippen molar-refractivity contribution >= 4 is 11.9 Å². The SMILES string of the molecule is CC(N(C)C(=O)[C@@H]1CC[C@H](C(=O)O)C1)C(C)(C)C. The lowest BCUT2D eigenvalue weighted by Gasteiger charge is -2.36. The van der Waals surface area contributed by atoms with Crippen molar-refractivity contribution in [1.29, 1.82) is 0 Å². The normalized spacial score (nSPS) is 25.8. The van der Waals surface area contributed by atoms with Crippen molar-refractivity contribution in [3.63, 3.8) is 0 Å². The van der Waals surface area contributed by atoms with E-state index >= 15 is 0 Å². The van der Waals surface area contributed by atoms with Crippen molar-refractivity contribution in [2.45, 2.75) is 53.0 Å². The fraction of sp³-hybridized carbons (Fsp3) is 0.857. The first-order valence-corrected chi connectivity index (χ1v) is 6.64. The van der Waals surface area contributed by atoms with Crippen molar-refractivity contribution in [1.82, 2.24) is 4.90 Å². The van der Waals surface area contributed by atoms with Crippen LogP contribution in [0, 0.1) is 17.3 Å². The third kappa shape index (κ3) is 3.24. The van der Waals surface area contributed by atoms with Gasteiger partial charge in [-0.1, -0.05) is 20.8 Å². The molecule has 1 saturated carbocycles. The second kappa shape index (κ2) is 5.29. The van der Waals surface area contributed by atoms with Crippen molar-refractivity contribution in [2.24, 2.45) is 17.3 Å². The molecule has 0 aromatic rings. The molecule has 1 N–H and O–H groups in total. The molecule has 0 saturated heterocycles. The monoisotopic (exact) mass is 255 g/mol. The Morgan fingerprint density at radius 3 is 2.11 bits per heavy atom. The van der Waals surface area contributed by atoms with E-state index < -0.39 is 5.97 Å². The van der Waals surface area contributed by atoms with E-state index in [2.05, 4.69) is 20.8 Å². The average Bonchev–Trinajstić information content (AvgIpc) is 2.74. The smallest absolute Gasteiger partial charge is 0.306 e. The van der Waals surface area contributed by atoms with Crippen LogP contribution in [0.2, 0.25) is 0 Å². The van der Waals surface area contributed by atoms with E-state index in [-0.39, 0.29) is 29.2 Å². The zero-order valence-corrected chi connectivity index (χ0v) is 12.1. The second-order valence-electron chi connectivity index (χ2n) is 6.54. The number of nitrogens with zero attached hydrogens (tertiary/aromatic N) is 1. The Balaban J connectivity index is 2.64. The van der Waals surface area contributed by atoms with Gasteiger partial charge in [-0.3, -0.25) is 9.59 Å². The van der Waals surface area contributed by atoms with Crippen molar-refractivity contribution in [2.75, 3.05) is 7.05 Å². The Morgan fingerprint density at radius 1 is 1.22 bits per heavy atom. The molecule has 4 heteroatoms. The van der Waals surface area contributed by atoms with Gasteiger partial charge in [-0.05, 0) is 31.6 Å². The van der Waals surface area contributed by atoms with E-state index in [1.807, 2.05) is 14.0 Å². The Morgan fingerprint density at radius 2 is 1.72 bits per heavy atom. The maximum Gasteiger partial charge on any atom is 0.306 e. The number of carbonyl (C=O) groups excluding carboxylic acids is 1. The summed E-state index contributed by atoms with van der Waals surface area (Å²) < 4.78 is 0. The van der Waals surface area contributed by atoms with Gasteiger partial charge in [0, 0.05) is 19.0 Å². The minimum absolute atomic E-state index is 0.0369. The molecule has 3 atom stereocenters. The zero-order valence-electron chi connectivity index (χ0n) is 12.1. The van der Waals surface area contributed by atoms with E-state index in [9.17, 15) is 9.59 Å². The van der Waals surface area contributed by atoms with Crippen LogP contribution < -0.4 is 0 Å². The standard InChI is InChI=1S/C14H25NO3/c1-9(14(2,3)4)15(5)12(16)10-6-7-11(8-10)13(17)18/h9-11H,6-8H2,1-5H3,(H,17,18)/t9?,10-,11+/m1/s1. The first kappa shape index (κ1) is 15.0. The lowest BCUT2D eigenvalue weighted by atomic mass is 9.86. The highest BCUT2D eigenvalue weighted by atomic mass is 16.4. The van der Waals surface area contributed by atoms with Gasteiger partial charge in [-0.15, -0.1) is 0 Å². The molecule has 0 aromatic carbocycles. The van der Waals surface area contributed by atoms with Crippen molar-refractivity contribution in [3.05, 3.63) is 0 Å². The lowest BCUT2D eigenvalue weighted by Crippen LogP contribution is -2.45. The molecule has 1 fully saturated rings. The molecule has 1 aliphatic rings. The highest BCUT2D eigenvalue weighted by Crippen LogP contribution is 2.33. The number of hydrogen-bond donors (Lipinski definition) is 1. The zero-order chi connectivity index (χ0) is 14.1. The number of aliphatic carboxylic acids is 1. The highest BCUT2D eigenvalue weighted by molar-refractivity contribution is 5.81. The molecule has 18 heavy (non-hydrogen) atoms. The summed E-state index contributed by atoms with van der Waals surface area (Å²) in [7, 11) is 1.83. The van der Waals surface area contributed by atoms with Gasteiger partial charge in [0.25, 0.3) is 0 Å². The van der Waals surface area contributed by atoms with Gasteiger partial charge in [0.2, 0.25) is 5.91 Å². The molecule has 0 spiro atoms. The summed E-state index contributed by atoms with van der Waals surface area (Å²) in [5.41, 5.74) is 0.0369. The Kier molecular flexibility index (Phi) is 4.41. The number of carboxylic acid groups (broad SMARTS) is 1. The summed E-state index contributed by atoms with van der Waals surface area (Å²) >= 11 is 0. The third-order valence-electron chi connectivity index (χ3n) is 4.31. The summed E-state index contributed by atoms with van der Waals surface area (Å²) in [4.78, 5) is 25.0. The van der Waals surface area contributed by atoms with Crippen molar-refractivity contribution < 1.29 is 14.7 Å². The molecule has 104 valence electrons. The average molecular weight is 255 g/mol. The van der Waals surface area contributed by atoms with Gasteiger partial charge >= 0.3 is 5.97 Å². The molecular formula is C14H25NO3. The molecule has 1 aliphatic carbocycles. The Labute approximate surface area is 109 Å². The van der Waals surface area contributed by atoms with Gasteiger partial charge in [0.05, 0.1) is 5.92 Å². The molecule has 0 heterocycles. The molecule has 1 rings (SSSR count). The van der Waals surface area contributed by atoms with E-state index in [1.54, 1.807) is 4.90 Å². The topological polar surface area (TPSA) is 57.6 Å². The van der Waals surface area contributed by atoms with Crippen LogP contribution in [0.4, 0.5) is 0 Å². The number of carbonyl (C=O) groups is 2. The van der Waals surface area contributed by atoms with Crippen LogP contribution in [-0.4, -0.2) is 35.0 Å². The van der Waals surface area contributed by atoms with Gasteiger partial charge < -0.3 is 10.0 Å². The van der Waals surface area contributed by atoms with Gasteiger partial charge in [-0.25, -0.2) is 0 Å². The van der Waals surface area contributed by atoms with Crippen molar-refractivity contribution in [3.8, 4) is 0 Å². The number of carboxylic acids is 1. The van der Waals surface area contributed by atoms with Crippen LogP contribution in [0.25, 0.3) is 0 Å². The fourth-order valence-electron chi connectivity index (χ4n) is 2.49. The minimum Gasteiger partial charge on any atom is -0.481 e. The van der Waals surface area contributed by atoms with E-state index in [1.165, 1.54) is 0 Å². The number of hydrogen-bond acceptors (Lipinski definition) is 2. The molecule has 1 amide bonds. The van der Waals surface area contributed by atoms with Gasteiger partial charge in [-0.2, -0.15) is 0 Å². The van der Waals surface area contributed by atoms with E-state index in [0.29, 0.717) is 19.3 Å². The largest absolute Gasteiger partial charge is 0.481 e. The number of rotatable bonds is 3. The summed E-state index contributed by atoms with van der Waals surface area (Å²) in [5.74, 6) is -1.11. The lowest BCUT2D eigenvalue weighted by molar-refractivity contribution is -0.142. The quantitative estimate of drug-likeness (QED) is 0.842. The van der Waals surface area contributed by atoms with E-state index in [0.717, 1.165) is 0 Å². The predicted octanol–water partition coefficient (Wildman–Crippen LogP) is 2.38. The first-order valence-electron chi connectivity index (χ1n) is 6.64. The first-order chi connectivity index (χ1) is 8.14. The Bertz CT molecular complexity index is 332. The Hall–Kier alpha value is -1.06. The van der Waals surface area contributed by atoms with Crippen LogP contribution in [0.15, 0.2) is 0 Å².